The first-order valence-electron chi connectivity index (χ1n) is 5.74. The summed E-state index contributed by atoms with van der Waals surface area (Å²) in [7, 11) is 0. The van der Waals surface area contributed by atoms with Crippen LogP contribution >= 0.6 is 23.6 Å². The zero-order valence-corrected chi connectivity index (χ0v) is 11.2. The number of amides is 1. The predicted octanol–water partition coefficient (Wildman–Crippen LogP) is 1.86. The normalized spacial score (nSPS) is 17.2. The predicted molar refractivity (Wildman–Crippen MR) is 74.1 cm³/mol. The average Bonchev–Trinajstić information content (AvgIpc) is 2.67. The Kier molecular flexibility index (Phi) is 3.79. The van der Waals surface area contributed by atoms with Gasteiger partial charge in [-0.2, -0.15) is 11.3 Å². The Morgan fingerprint density at radius 3 is 2.82 bits per heavy atom. The summed E-state index contributed by atoms with van der Waals surface area (Å²) in [6.07, 6.45) is 3.50. The van der Waals surface area contributed by atoms with Gasteiger partial charge in [-0.1, -0.05) is 18.6 Å². The lowest BCUT2D eigenvalue weighted by Gasteiger charge is -2.39. The first-order valence-corrected chi connectivity index (χ1v) is 7.09. The number of carbonyl (C=O) groups is 1. The van der Waals surface area contributed by atoms with Crippen molar-refractivity contribution in [2.75, 3.05) is 6.54 Å². The van der Waals surface area contributed by atoms with Crippen LogP contribution in [0.15, 0.2) is 16.8 Å². The van der Waals surface area contributed by atoms with E-state index in [1.54, 1.807) is 11.3 Å². The Morgan fingerprint density at radius 2 is 2.35 bits per heavy atom. The summed E-state index contributed by atoms with van der Waals surface area (Å²) in [6, 6.07) is 2.07. The van der Waals surface area contributed by atoms with Gasteiger partial charge in [0, 0.05) is 6.54 Å². The Morgan fingerprint density at radius 1 is 1.59 bits per heavy atom. The molecule has 0 aromatic carbocycles. The molecule has 92 valence electrons. The standard InChI is InChI=1S/C12H16N2OS2/c13-10(16)12(4-1-5-12)11(15)14-6-2-9-3-7-17-8-9/h3,7-8H,1-2,4-6H2,(H2,13,16)(H,14,15). The molecule has 1 saturated carbocycles. The van der Waals surface area contributed by atoms with E-state index in [9.17, 15) is 4.79 Å². The molecule has 1 aliphatic carbocycles. The van der Waals surface area contributed by atoms with Crippen molar-refractivity contribution >= 4 is 34.5 Å². The van der Waals surface area contributed by atoms with Crippen molar-refractivity contribution < 1.29 is 4.79 Å². The lowest BCUT2D eigenvalue weighted by atomic mass is 9.68. The second kappa shape index (κ2) is 5.14. The van der Waals surface area contributed by atoms with Gasteiger partial charge in [0.05, 0.1) is 10.4 Å². The highest BCUT2D eigenvalue weighted by Gasteiger charge is 2.46. The first-order chi connectivity index (χ1) is 8.15. The third kappa shape index (κ3) is 2.50. The number of hydrogen-bond donors (Lipinski definition) is 2. The monoisotopic (exact) mass is 268 g/mol. The van der Waals surface area contributed by atoms with Gasteiger partial charge in [0.15, 0.2) is 0 Å². The fraction of sp³-hybridized carbons (Fsp3) is 0.500. The van der Waals surface area contributed by atoms with E-state index in [-0.39, 0.29) is 5.91 Å². The summed E-state index contributed by atoms with van der Waals surface area (Å²) in [6.45, 7) is 0.653. The van der Waals surface area contributed by atoms with Crippen molar-refractivity contribution in [1.29, 1.82) is 0 Å². The van der Waals surface area contributed by atoms with Gasteiger partial charge in [-0.05, 0) is 41.7 Å². The van der Waals surface area contributed by atoms with Crippen LogP contribution in [0.25, 0.3) is 0 Å². The highest BCUT2D eigenvalue weighted by molar-refractivity contribution is 7.80. The molecule has 1 aromatic heterocycles. The van der Waals surface area contributed by atoms with Crippen LogP contribution in [0.2, 0.25) is 0 Å². The molecule has 0 spiro atoms. The Hall–Kier alpha value is -0.940. The van der Waals surface area contributed by atoms with E-state index in [1.165, 1.54) is 5.56 Å². The molecule has 1 heterocycles. The molecule has 0 bridgehead atoms. The largest absolute Gasteiger partial charge is 0.392 e. The maximum absolute atomic E-state index is 12.0. The molecule has 0 unspecified atom stereocenters. The number of thiophene rings is 1. The number of thiocarbonyl (C=S) groups is 1. The minimum atomic E-state index is -0.552. The highest BCUT2D eigenvalue weighted by atomic mass is 32.1. The molecular weight excluding hydrogens is 252 g/mol. The minimum Gasteiger partial charge on any atom is -0.392 e. The fourth-order valence-corrected chi connectivity index (χ4v) is 3.04. The van der Waals surface area contributed by atoms with E-state index in [0.29, 0.717) is 11.5 Å². The van der Waals surface area contributed by atoms with Gasteiger partial charge in [0.25, 0.3) is 0 Å². The SMILES string of the molecule is NC(=S)C1(C(=O)NCCc2ccsc2)CCC1. The minimum absolute atomic E-state index is 0.00600. The van der Waals surface area contributed by atoms with Gasteiger partial charge in [-0.3, -0.25) is 4.79 Å². The van der Waals surface area contributed by atoms with Crippen LogP contribution in [-0.2, 0) is 11.2 Å². The third-order valence-corrected chi connectivity index (χ3v) is 4.52. The molecule has 3 nitrogen and oxygen atoms in total. The maximum atomic E-state index is 12.0. The smallest absolute Gasteiger partial charge is 0.233 e. The van der Waals surface area contributed by atoms with Crippen molar-refractivity contribution in [3.05, 3.63) is 22.4 Å². The number of nitrogens with two attached hydrogens (primary N) is 1. The summed E-state index contributed by atoms with van der Waals surface area (Å²) in [5, 5.41) is 7.08. The van der Waals surface area contributed by atoms with Gasteiger partial charge in [0.2, 0.25) is 5.91 Å². The topological polar surface area (TPSA) is 55.1 Å². The molecule has 5 heteroatoms. The molecule has 0 atom stereocenters. The molecule has 0 radical (unpaired) electrons. The van der Waals surface area contributed by atoms with Crippen molar-refractivity contribution in [3.63, 3.8) is 0 Å². The highest BCUT2D eigenvalue weighted by Crippen LogP contribution is 2.41. The Bertz CT molecular complexity index is 410. The van der Waals surface area contributed by atoms with Crippen LogP contribution in [-0.4, -0.2) is 17.4 Å². The third-order valence-electron chi connectivity index (χ3n) is 3.39. The molecule has 1 aromatic rings. The van der Waals surface area contributed by atoms with E-state index in [4.69, 9.17) is 18.0 Å². The van der Waals surface area contributed by atoms with Gasteiger partial charge in [-0.15, -0.1) is 0 Å². The Labute approximate surface area is 110 Å². The van der Waals surface area contributed by atoms with Gasteiger partial charge < -0.3 is 11.1 Å². The van der Waals surface area contributed by atoms with E-state index >= 15 is 0 Å². The van der Waals surface area contributed by atoms with Crippen LogP contribution in [0, 0.1) is 5.41 Å². The van der Waals surface area contributed by atoms with Gasteiger partial charge in [0.1, 0.15) is 0 Å². The van der Waals surface area contributed by atoms with Crippen molar-refractivity contribution in [2.45, 2.75) is 25.7 Å². The van der Waals surface area contributed by atoms with E-state index in [1.807, 2.05) is 5.38 Å². The molecule has 1 amide bonds. The maximum Gasteiger partial charge on any atom is 0.233 e. The lowest BCUT2D eigenvalue weighted by molar-refractivity contribution is -0.130. The molecule has 3 N–H and O–H groups in total. The molecule has 0 saturated heterocycles. The van der Waals surface area contributed by atoms with Crippen molar-refractivity contribution in [1.82, 2.24) is 5.32 Å². The van der Waals surface area contributed by atoms with E-state index in [0.717, 1.165) is 25.7 Å². The number of carbonyl (C=O) groups excluding carboxylic acids is 1. The summed E-state index contributed by atoms with van der Waals surface area (Å²) < 4.78 is 0. The molecule has 1 fully saturated rings. The summed E-state index contributed by atoms with van der Waals surface area (Å²) in [4.78, 5) is 12.4. The fourth-order valence-electron chi connectivity index (χ4n) is 2.04. The van der Waals surface area contributed by atoms with E-state index < -0.39 is 5.41 Å². The molecule has 2 rings (SSSR count). The molecule has 1 aliphatic rings. The second-order valence-electron chi connectivity index (χ2n) is 4.44. The molecule has 0 aliphatic heterocycles. The zero-order valence-electron chi connectivity index (χ0n) is 9.57. The average molecular weight is 268 g/mol. The van der Waals surface area contributed by atoms with Gasteiger partial charge >= 0.3 is 0 Å². The van der Waals surface area contributed by atoms with Crippen LogP contribution in [0.4, 0.5) is 0 Å². The van der Waals surface area contributed by atoms with Crippen LogP contribution in [0.3, 0.4) is 0 Å². The summed E-state index contributed by atoms with van der Waals surface area (Å²) in [5.41, 5.74) is 6.38. The van der Waals surface area contributed by atoms with Gasteiger partial charge in [-0.25, -0.2) is 0 Å². The number of hydrogen-bond acceptors (Lipinski definition) is 3. The molecular formula is C12H16N2OS2. The summed E-state index contributed by atoms with van der Waals surface area (Å²) in [5.74, 6) is 0.00600. The number of rotatable bonds is 5. The summed E-state index contributed by atoms with van der Waals surface area (Å²) >= 11 is 6.68. The first kappa shape index (κ1) is 12.5. The van der Waals surface area contributed by atoms with Crippen molar-refractivity contribution in [3.8, 4) is 0 Å². The lowest BCUT2D eigenvalue weighted by Crippen LogP contribution is -2.53. The second-order valence-corrected chi connectivity index (χ2v) is 5.66. The zero-order chi connectivity index (χ0) is 12.3. The Balaban J connectivity index is 1.83. The number of nitrogens with one attached hydrogen (secondary N) is 1. The quantitative estimate of drug-likeness (QED) is 0.802. The van der Waals surface area contributed by atoms with Crippen LogP contribution in [0.5, 0.6) is 0 Å². The van der Waals surface area contributed by atoms with Crippen LogP contribution < -0.4 is 11.1 Å². The molecule has 17 heavy (non-hydrogen) atoms. The van der Waals surface area contributed by atoms with Crippen molar-refractivity contribution in [2.24, 2.45) is 11.1 Å². The van der Waals surface area contributed by atoms with Crippen LogP contribution in [0.1, 0.15) is 24.8 Å². The van der Waals surface area contributed by atoms with E-state index in [2.05, 4.69) is 16.8 Å².